The lowest BCUT2D eigenvalue weighted by Crippen LogP contribution is -2.58. The molecule has 3 saturated heterocycles. The standard InChI is InChI=1S/C15H27NO4/c1-17-15(4-8-18-9-5-15)13(16)12-2-6-20-14(10-12)3-7-19-11-14/h12-13H,2-11,16H2,1H3. The monoisotopic (exact) mass is 285 g/mol. The van der Waals surface area contributed by atoms with Crippen LogP contribution >= 0.6 is 0 Å². The van der Waals surface area contributed by atoms with Crippen LogP contribution in [0.25, 0.3) is 0 Å². The average Bonchev–Trinajstić information content (AvgIpc) is 2.95. The van der Waals surface area contributed by atoms with Gasteiger partial charge in [0.15, 0.2) is 0 Å². The molecular formula is C15H27NO4. The van der Waals surface area contributed by atoms with Crippen molar-refractivity contribution < 1.29 is 18.9 Å². The summed E-state index contributed by atoms with van der Waals surface area (Å²) >= 11 is 0. The first kappa shape index (κ1) is 14.7. The predicted octanol–water partition coefficient (Wildman–Crippen LogP) is 1.10. The van der Waals surface area contributed by atoms with Gasteiger partial charge < -0.3 is 24.7 Å². The minimum Gasteiger partial charge on any atom is -0.381 e. The van der Waals surface area contributed by atoms with Crippen LogP contribution in [0.15, 0.2) is 0 Å². The lowest BCUT2D eigenvalue weighted by molar-refractivity contribution is -0.143. The van der Waals surface area contributed by atoms with Crippen molar-refractivity contribution in [2.75, 3.05) is 40.1 Å². The van der Waals surface area contributed by atoms with E-state index < -0.39 is 0 Å². The number of rotatable bonds is 3. The molecule has 1 spiro atoms. The summed E-state index contributed by atoms with van der Waals surface area (Å²) in [4.78, 5) is 0. The van der Waals surface area contributed by atoms with E-state index in [0.717, 1.165) is 65.1 Å². The average molecular weight is 285 g/mol. The van der Waals surface area contributed by atoms with E-state index in [1.54, 1.807) is 7.11 Å². The number of methoxy groups -OCH3 is 1. The first-order chi connectivity index (χ1) is 9.70. The number of nitrogens with two attached hydrogens (primary N) is 1. The maximum Gasteiger partial charge on any atom is 0.0939 e. The van der Waals surface area contributed by atoms with Gasteiger partial charge in [-0.2, -0.15) is 0 Å². The zero-order valence-electron chi connectivity index (χ0n) is 12.4. The molecule has 0 aliphatic carbocycles. The third-order valence-corrected chi connectivity index (χ3v) is 5.46. The summed E-state index contributed by atoms with van der Waals surface area (Å²) in [5.74, 6) is 0.448. The number of ether oxygens (including phenoxy) is 4. The molecule has 3 atom stereocenters. The van der Waals surface area contributed by atoms with Crippen LogP contribution in [0, 0.1) is 5.92 Å². The Hall–Kier alpha value is -0.200. The van der Waals surface area contributed by atoms with E-state index in [1.807, 2.05) is 0 Å². The molecule has 0 saturated carbocycles. The molecule has 20 heavy (non-hydrogen) atoms. The van der Waals surface area contributed by atoms with E-state index >= 15 is 0 Å². The van der Waals surface area contributed by atoms with Crippen molar-refractivity contribution in [3.05, 3.63) is 0 Å². The fourth-order valence-electron chi connectivity index (χ4n) is 4.06. The van der Waals surface area contributed by atoms with Crippen molar-refractivity contribution in [1.29, 1.82) is 0 Å². The second kappa shape index (κ2) is 5.89. The topological polar surface area (TPSA) is 62.9 Å². The molecular weight excluding hydrogens is 258 g/mol. The van der Waals surface area contributed by atoms with Crippen LogP contribution < -0.4 is 5.73 Å². The van der Waals surface area contributed by atoms with Gasteiger partial charge in [-0.3, -0.25) is 0 Å². The van der Waals surface area contributed by atoms with Crippen LogP contribution in [0.4, 0.5) is 0 Å². The second-order valence-electron chi connectivity index (χ2n) is 6.49. The summed E-state index contributed by atoms with van der Waals surface area (Å²) in [6, 6.07) is 0.0535. The van der Waals surface area contributed by atoms with Crippen LogP contribution in [0.5, 0.6) is 0 Å². The molecule has 5 nitrogen and oxygen atoms in total. The lowest BCUT2D eigenvalue weighted by Gasteiger charge is -2.47. The highest BCUT2D eigenvalue weighted by Gasteiger charge is 2.48. The molecule has 0 bridgehead atoms. The van der Waals surface area contributed by atoms with Crippen molar-refractivity contribution in [2.24, 2.45) is 11.7 Å². The Labute approximate surface area is 121 Å². The van der Waals surface area contributed by atoms with Gasteiger partial charge in [-0.15, -0.1) is 0 Å². The molecule has 3 heterocycles. The molecule has 0 aromatic rings. The summed E-state index contributed by atoms with van der Waals surface area (Å²) in [6.07, 6.45) is 4.81. The van der Waals surface area contributed by atoms with E-state index in [2.05, 4.69) is 0 Å². The summed E-state index contributed by atoms with van der Waals surface area (Å²) < 4.78 is 22.9. The summed E-state index contributed by atoms with van der Waals surface area (Å²) in [5, 5.41) is 0. The normalized spacial score (nSPS) is 39.0. The molecule has 3 fully saturated rings. The third-order valence-electron chi connectivity index (χ3n) is 5.46. The Morgan fingerprint density at radius 2 is 1.85 bits per heavy atom. The van der Waals surface area contributed by atoms with Gasteiger partial charge in [-0.1, -0.05) is 0 Å². The SMILES string of the molecule is COC1(C(N)C2CCOC3(CCOC3)C2)CCOCC1. The quantitative estimate of drug-likeness (QED) is 0.841. The van der Waals surface area contributed by atoms with Gasteiger partial charge in [0.25, 0.3) is 0 Å². The van der Waals surface area contributed by atoms with Crippen molar-refractivity contribution in [2.45, 2.75) is 49.3 Å². The maximum atomic E-state index is 6.64. The zero-order chi connectivity index (χ0) is 14.1. The second-order valence-corrected chi connectivity index (χ2v) is 6.49. The maximum absolute atomic E-state index is 6.64. The molecule has 0 radical (unpaired) electrons. The largest absolute Gasteiger partial charge is 0.381 e. The molecule has 3 unspecified atom stereocenters. The number of hydrogen-bond acceptors (Lipinski definition) is 5. The fraction of sp³-hybridized carbons (Fsp3) is 1.00. The Bertz CT molecular complexity index is 324. The van der Waals surface area contributed by atoms with Gasteiger partial charge >= 0.3 is 0 Å². The first-order valence-corrected chi connectivity index (χ1v) is 7.80. The summed E-state index contributed by atoms with van der Waals surface area (Å²) in [7, 11) is 1.79. The lowest BCUT2D eigenvalue weighted by atomic mass is 9.73. The van der Waals surface area contributed by atoms with Crippen molar-refractivity contribution >= 4 is 0 Å². The highest BCUT2D eigenvalue weighted by Crippen LogP contribution is 2.41. The number of hydrogen-bond donors (Lipinski definition) is 1. The molecule has 3 aliphatic heterocycles. The highest BCUT2D eigenvalue weighted by molar-refractivity contribution is 5.01. The zero-order valence-corrected chi connectivity index (χ0v) is 12.4. The molecule has 5 heteroatoms. The van der Waals surface area contributed by atoms with Crippen LogP contribution in [0.2, 0.25) is 0 Å². The molecule has 0 aromatic heterocycles. The van der Waals surface area contributed by atoms with E-state index in [4.69, 9.17) is 24.7 Å². The van der Waals surface area contributed by atoms with E-state index in [-0.39, 0.29) is 17.2 Å². The van der Waals surface area contributed by atoms with Crippen molar-refractivity contribution in [3.63, 3.8) is 0 Å². The Kier molecular flexibility index (Phi) is 4.34. The van der Waals surface area contributed by atoms with Gasteiger partial charge in [0.1, 0.15) is 0 Å². The van der Waals surface area contributed by atoms with Gasteiger partial charge in [-0.05, 0) is 18.8 Å². The minimum atomic E-state index is -0.221. The van der Waals surface area contributed by atoms with Crippen molar-refractivity contribution in [1.82, 2.24) is 0 Å². The molecule has 116 valence electrons. The molecule has 3 rings (SSSR count). The van der Waals surface area contributed by atoms with Gasteiger partial charge in [-0.25, -0.2) is 0 Å². The van der Waals surface area contributed by atoms with Gasteiger partial charge in [0.2, 0.25) is 0 Å². The third kappa shape index (κ3) is 2.62. The van der Waals surface area contributed by atoms with Gasteiger partial charge in [0, 0.05) is 58.8 Å². The van der Waals surface area contributed by atoms with Crippen molar-refractivity contribution in [3.8, 4) is 0 Å². The highest BCUT2D eigenvalue weighted by atomic mass is 16.6. The summed E-state index contributed by atoms with van der Waals surface area (Å²) in [6.45, 7) is 3.82. The van der Waals surface area contributed by atoms with Gasteiger partial charge in [0.05, 0.1) is 17.8 Å². The molecule has 3 aliphatic rings. The fourth-order valence-corrected chi connectivity index (χ4v) is 4.06. The summed E-state index contributed by atoms with van der Waals surface area (Å²) in [5.41, 5.74) is 6.34. The molecule has 0 aromatic carbocycles. The Morgan fingerprint density at radius 3 is 2.50 bits per heavy atom. The predicted molar refractivity (Wildman–Crippen MR) is 74.6 cm³/mol. The van der Waals surface area contributed by atoms with E-state index in [1.165, 1.54) is 0 Å². The van der Waals surface area contributed by atoms with Crippen LogP contribution in [-0.2, 0) is 18.9 Å². The van der Waals surface area contributed by atoms with Crippen LogP contribution in [0.1, 0.15) is 32.1 Å². The Balaban J connectivity index is 1.70. The van der Waals surface area contributed by atoms with Crippen LogP contribution in [-0.4, -0.2) is 57.4 Å². The van der Waals surface area contributed by atoms with Crippen LogP contribution in [0.3, 0.4) is 0 Å². The first-order valence-electron chi connectivity index (χ1n) is 7.80. The smallest absolute Gasteiger partial charge is 0.0939 e. The van der Waals surface area contributed by atoms with E-state index in [0.29, 0.717) is 5.92 Å². The molecule has 0 amide bonds. The minimum absolute atomic E-state index is 0.0535. The Morgan fingerprint density at radius 1 is 1.10 bits per heavy atom. The van der Waals surface area contributed by atoms with E-state index in [9.17, 15) is 0 Å². The molecule has 2 N–H and O–H groups in total.